The molecule has 0 saturated heterocycles. The normalized spacial score (nSPS) is 13.1. The van der Waals surface area contributed by atoms with E-state index in [1.807, 2.05) is 12.1 Å². The molecule has 0 bridgehead atoms. The first kappa shape index (κ1) is 12.7. The van der Waals surface area contributed by atoms with Crippen LogP contribution in [0.4, 0.5) is 4.39 Å². The van der Waals surface area contributed by atoms with Crippen molar-refractivity contribution >= 4 is 15.9 Å². The van der Waals surface area contributed by atoms with Gasteiger partial charge in [-0.2, -0.15) is 0 Å². The highest BCUT2D eigenvalue weighted by Crippen LogP contribution is 2.18. The van der Waals surface area contributed by atoms with Gasteiger partial charge in [-0.05, 0) is 42.9 Å². The number of halogens is 2. The van der Waals surface area contributed by atoms with Crippen LogP contribution in [0.3, 0.4) is 0 Å². The first-order valence-electron chi connectivity index (χ1n) is 5.46. The Morgan fingerprint density at radius 3 is 2.27 bits per heavy atom. The molecule has 84 valence electrons. The van der Waals surface area contributed by atoms with E-state index in [0.717, 1.165) is 12.3 Å². The van der Waals surface area contributed by atoms with Crippen molar-refractivity contribution in [2.24, 2.45) is 5.92 Å². The van der Waals surface area contributed by atoms with Crippen molar-refractivity contribution in [3.63, 3.8) is 0 Å². The van der Waals surface area contributed by atoms with E-state index in [2.05, 4.69) is 29.8 Å². The molecule has 0 amide bonds. The van der Waals surface area contributed by atoms with Crippen LogP contribution >= 0.6 is 15.9 Å². The Balaban J connectivity index is 2.37. The van der Waals surface area contributed by atoms with Gasteiger partial charge in [0.2, 0.25) is 0 Å². The zero-order valence-corrected chi connectivity index (χ0v) is 10.9. The Morgan fingerprint density at radius 2 is 1.73 bits per heavy atom. The van der Waals surface area contributed by atoms with Gasteiger partial charge in [-0.1, -0.05) is 41.9 Å². The second kappa shape index (κ2) is 6.26. The average Bonchev–Trinajstić information content (AvgIpc) is 2.19. The van der Waals surface area contributed by atoms with Crippen LogP contribution in [-0.4, -0.2) is 4.83 Å². The summed E-state index contributed by atoms with van der Waals surface area (Å²) in [6.45, 7) is 4.47. The summed E-state index contributed by atoms with van der Waals surface area (Å²) in [5.74, 6) is 0.588. The van der Waals surface area contributed by atoms with Crippen LogP contribution in [0.5, 0.6) is 0 Å². The molecule has 1 aromatic rings. The zero-order chi connectivity index (χ0) is 11.3. The first-order chi connectivity index (χ1) is 7.08. The van der Waals surface area contributed by atoms with Crippen LogP contribution in [0.15, 0.2) is 24.3 Å². The van der Waals surface area contributed by atoms with Crippen molar-refractivity contribution in [3.8, 4) is 0 Å². The predicted molar refractivity (Wildman–Crippen MR) is 66.9 cm³/mol. The molecule has 0 spiro atoms. The SMILES string of the molecule is CC(C)CCC(Br)Cc1ccc(F)cc1. The van der Waals surface area contributed by atoms with E-state index in [4.69, 9.17) is 0 Å². The van der Waals surface area contributed by atoms with Gasteiger partial charge in [0.15, 0.2) is 0 Å². The third-order valence-corrected chi connectivity index (χ3v) is 3.21. The summed E-state index contributed by atoms with van der Waals surface area (Å²) < 4.78 is 12.7. The molecule has 0 nitrogen and oxygen atoms in total. The van der Waals surface area contributed by atoms with Gasteiger partial charge in [0.05, 0.1) is 0 Å². The molecule has 1 aromatic carbocycles. The standard InChI is InChI=1S/C13H18BrF/c1-10(2)3-6-12(14)9-11-4-7-13(15)8-5-11/h4-5,7-8,10,12H,3,6,9H2,1-2H3. The van der Waals surface area contributed by atoms with Crippen LogP contribution in [0.25, 0.3) is 0 Å². The Kier molecular flexibility index (Phi) is 5.30. The minimum atomic E-state index is -0.160. The predicted octanol–water partition coefficient (Wildman–Crippen LogP) is 4.57. The van der Waals surface area contributed by atoms with E-state index >= 15 is 0 Å². The summed E-state index contributed by atoms with van der Waals surface area (Å²) in [5, 5.41) is 0. The average molecular weight is 273 g/mol. The fourth-order valence-electron chi connectivity index (χ4n) is 1.49. The number of hydrogen-bond acceptors (Lipinski definition) is 0. The number of hydrogen-bond donors (Lipinski definition) is 0. The summed E-state index contributed by atoms with van der Waals surface area (Å²) >= 11 is 3.67. The molecule has 1 rings (SSSR count). The van der Waals surface area contributed by atoms with Crippen molar-refractivity contribution in [3.05, 3.63) is 35.6 Å². The number of alkyl halides is 1. The lowest BCUT2D eigenvalue weighted by atomic mass is 10.0. The number of rotatable bonds is 5. The minimum absolute atomic E-state index is 0.160. The monoisotopic (exact) mass is 272 g/mol. The molecule has 1 unspecified atom stereocenters. The van der Waals surface area contributed by atoms with Gasteiger partial charge in [0.1, 0.15) is 5.82 Å². The van der Waals surface area contributed by atoms with Crippen LogP contribution in [-0.2, 0) is 6.42 Å². The van der Waals surface area contributed by atoms with Gasteiger partial charge in [-0.15, -0.1) is 0 Å². The Bertz CT molecular complexity index is 279. The van der Waals surface area contributed by atoms with E-state index < -0.39 is 0 Å². The molecule has 0 aliphatic carbocycles. The second-order valence-electron chi connectivity index (χ2n) is 4.40. The molecule has 0 N–H and O–H groups in total. The zero-order valence-electron chi connectivity index (χ0n) is 9.34. The van der Waals surface area contributed by atoms with E-state index in [1.165, 1.54) is 30.5 Å². The summed E-state index contributed by atoms with van der Waals surface area (Å²) in [6, 6.07) is 6.77. The number of benzene rings is 1. The molecule has 0 fully saturated rings. The highest BCUT2D eigenvalue weighted by atomic mass is 79.9. The maximum atomic E-state index is 12.7. The molecule has 0 radical (unpaired) electrons. The van der Waals surface area contributed by atoms with E-state index in [0.29, 0.717) is 4.83 Å². The van der Waals surface area contributed by atoms with E-state index in [1.54, 1.807) is 0 Å². The molecule has 15 heavy (non-hydrogen) atoms. The van der Waals surface area contributed by atoms with E-state index in [-0.39, 0.29) is 5.82 Å². The van der Waals surface area contributed by atoms with Crippen molar-refractivity contribution < 1.29 is 4.39 Å². The maximum Gasteiger partial charge on any atom is 0.123 e. The molecule has 1 atom stereocenters. The fraction of sp³-hybridized carbons (Fsp3) is 0.538. The summed E-state index contributed by atoms with van der Waals surface area (Å²) in [4.78, 5) is 0.505. The summed E-state index contributed by atoms with van der Waals surface area (Å²) in [7, 11) is 0. The summed E-state index contributed by atoms with van der Waals surface area (Å²) in [6.07, 6.45) is 3.39. The molecular weight excluding hydrogens is 255 g/mol. The van der Waals surface area contributed by atoms with Crippen molar-refractivity contribution in [2.75, 3.05) is 0 Å². The summed E-state index contributed by atoms with van der Waals surface area (Å²) in [5.41, 5.74) is 1.20. The molecule has 0 saturated carbocycles. The third-order valence-electron chi connectivity index (χ3n) is 2.43. The van der Waals surface area contributed by atoms with Crippen LogP contribution < -0.4 is 0 Å². The minimum Gasteiger partial charge on any atom is -0.207 e. The highest BCUT2D eigenvalue weighted by molar-refractivity contribution is 9.09. The Morgan fingerprint density at radius 1 is 1.13 bits per heavy atom. The molecule has 0 heterocycles. The molecule has 0 aliphatic heterocycles. The fourth-order valence-corrected chi connectivity index (χ4v) is 2.13. The van der Waals surface area contributed by atoms with Crippen molar-refractivity contribution in [2.45, 2.75) is 37.9 Å². The topological polar surface area (TPSA) is 0 Å². The quantitative estimate of drug-likeness (QED) is 0.689. The maximum absolute atomic E-state index is 12.7. The van der Waals surface area contributed by atoms with Crippen molar-refractivity contribution in [1.82, 2.24) is 0 Å². The third kappa shape index (κ3) is 5.31. The lowest BCUT2D eigenvalue weighted by molar-refractivity contribution is 0.547. The van der Waals surface area contributed by atoms with Gasteiger partial charge >= 0.3 is 0 Å². The smallest absolute Gasteiger partial charge is 0.123 e. The Hall–Kier alpha value is -0.370. The van der Waals surface area contributed by atoms with Crippen LogP contribution in [0.2, 0.25) is 0 Å². The Labute approximate surface area is 100 Å². The first-order valence-corrected chi connectivity index (χ1v) is 6.38. The lowest BCUT2D eigenvalue weighted by Gasteiger charge is -2.11. The molecule has 0 aromatic heterocycles. The van der Waals surface area contributed by atoms with Gasteiger partial charge in [0.25, 0.3) is 0 Å². The van der Waals surface area contributed by atoms with Crippen LogP contribution in [0.1, 0.15) is 32.3 Å². The molecule has 2 heteroatoms. The van der Waals surface area contributed by atoms with Gasteiger partial charge < -0.3 is 0 Å². The van der Waals surface area contributed by atoms with Crippen LogP contribution in [0, 0.1) is 11.7 Å². The second-order valence-corrected chi connectivity index (χ2v) is 5.69. The molecular formula is C13H18BrF. The van der Waals surface area contributed by atoms with E-state index in [9.17, 15) is 4.39 Å². The van der Waals surface area contributed by atoms with Gasteiger partial charge in [-0.25, -0.2) is 4.39 Å². The van der Waals surface area contributed by atoms with Gasteiger partial charge in [0, 0.05) is 4.83 Å². The van der Waals surface area contributed by atoms with Crippen molar-refractivity contribution in [1.29, 1.82) is 0 Å². The van der Waals surface area contributed by atoms with Gasteiger partial charge in [-0.3, -0.25) is 0 Å². The lowest BCUT2D eigenvalue weighted by Crippen LogP contribution is -2.04. The molecule has 0 aliphatic rings. The highest BCUT2D eigenvalue weighted by Gasteiger charge is 2.06. The largest absolute Gasteiger partial charge is 0.207 e.